The monoisotopic (exact) mass is 214 g/mol. The normalized spacial score (nSPS) is 16.3. The summed E-state index contributed by atoms with van der Waals surface area (Å²) in [5.74, 6) is 0.636. The van der Waals surface area contributed by atoms with Crippen LogP contribution in [0.5, 0.6) is 0 Å². The van der Waals surface area contributed by atoms with Gasteiger partial charge in [0.2, 0.25) is 0 Å². The number of aromatic nitrogens is 2. The second-order valence-corrected chi connectivity index (χ2v) is 4.53. The lowest BCUT2D eigenvalue weighted by Gasteiger charge is -2.25. The van der Waals surface area contributed by atoms with E-state index < -0.39 is 0 Å². The Bertz CT molecular complexity index is 552. The van der Waals surface area contributed by atoms with E-state index in [0.29, 0.717) is 5.92 Å². The summed E-state index contributed by atoms with van der Waals surface area (Å²) < 4.78 is 1.98. The van der Waals surface area contributed by atoms with Gasteiger partial charge < -0.3 is 0 Å². The molecule has 0 amide bonds. The van der Waals surface area contributed by atoms with E-state index in [9.17, 15) is 4.79 Å². The number of carbonyl (C=O) groups excluding carboxylic acids is 1. The molecule has 0 atom stereocenters. The van der Waals surface area contributed by atoms with Crippen molar-refractivity contribution in [1.29, 1.82) is 0 Å². The first-order valence-corrected chi connectivity index (χ1v) is 5.71. The van der Waals surface area contributed by atoms with Crippen LogP contribution in [0.4, 0.5) is 0 Å². The van der Waals surface area contributed by atoms with Crippen LogP contribution in [0.15, 0.2) is 18.2 Å². The van der Waals surface area contributed by atoms with Gasteiger partial charge in [-0.05, 0) is 31.0 Å². The summed E-state index contributed by atoms with van der Waals surface area (Å²) >= 11 is 0. The highest BCUT2D eigenvalue weighted by molar-refractivity contribution is 5.88. The van der Waals surface area contributed by atoms with E-state index in [4.69, 9.17) is 0 Å². The van der Waals surface area contributed by atoms with Gasteiger partial charge in [0.25, 0.3) is 0 Å². The number of hydrogen-bond donors (Lipinski definition) is 0. The zero-order chi connectivity index (χ0) is 11.1. The standard InChI is InChI=1S/C13H14N2O/c1-15-13(10-3-2-4-10)11-7-9(8-16)5-6-12(11)14-15/h5-8,10H,2-4H2,1H3. The minimum Gasteiger partial charge on any atom is -0.298 e. The summed E-state index contributed by atoms with van der Waals surface area (Å²) in [5.41, 5.74) is 3.03. The fourth-order valence-corrected chi connectivity index (χ4v) is 2.47. The topological polar surface area (TPSA) is 34.9 Å². The predicted molar refractivity (Wildman–Crippen MR) is 62.7 cm³/mol. The molecule has 1 fully saturated rings. The maximum atomic E-state index is 10.8. The van der Waals surface area contributed by atoms with Crippen LogP contribution in [-0.4, -0.2) is 16.1 Å². The van der Waals surface area contributed by atoms with Crippen molar-refractivity contribution >= 4 is 17.2 Å². The van der Waals surface area contributed by atoms with E-state index >= 15 is 0 Å². The van der Waals surface area contributed by atoms with Crippen LogP contribution >= 0.6 is 0 Å². The van der Waals surface area contributed by atoms with Crippen molar-refractivity contribution in [2.45, 2.75) is 25.2 Å². The number of rotatable bonds is 2. The van der Waals surface area contributed by atoms with Crippen LogP contribution in [0.1, 0.15) is 41.2 Å². The van der Waals surface area contributed by atoms with Gasteiger partial charge in [0.1, 0.15) is 6.29 Å². The molecule has 0 unspecified atom stereocenters. The van der Waals surface area contributed by atoms with Gasteiger partial charge in [-0.15, -0.1) is 0 Å². The molecule has 3 rings (SSSR count). The highest BCUT2D eigenvalue weighted by Crippen LogP contribution is 2.39. The highest BCUT2D eigenvalue weighted by Gasteiger charge is 2.25. The first-order chi connectivity index (χ1) is 7.79. The van der Waals surface area contributed by atoms with Gasteiger partial charge >= 0.3 is 0 Å². The molecule has 0 bridgehead atoms. The Morgan fingerprint density at radius 2 is 2.25 bits per heavy atom. The fraction of sp³-hybridized carbons (Fsp3) is 0.385. The van der Waals surface area contributed by atoms with E-state index in [1.54, 1.807) is 0 Å². The third kappa shape index (κ3) is 1.28. The molecule has 1 heterocycles. The van der Waals surface area contributed by atoms with Crippen LogP contribution in [0.25, 0.3) is 10.9 Å². The summed E-state index contributed by atoms with van der Waals surface area (Å²) in [5, 5.41) is 5.64. The van der Waals surface area contributed by atoms with Crippen molar-refractivity contribution in [3.05, 3.63) is 29.5 Å². The molecule has 0 radical (unpaired) electrons. The number of hydrogen-bond acceptors (Lipinski definition) is 2. The number of aldehydes is 1. The Morgan fingerprint density at radius 1 is 1.44 bits per heavy atom. The van der Waals surface area contributed by atoms with Crippen LogP contribution in [-0.2, 0) is 7.05 Å². The van der Waals surface area contributed by atoms with E-state index in [0.717, 1.165) is 22.8 Å². The van der Waals surface area contributed by atoms with Crippen molar-refractivity contribution in [3.8, 4) is 0 Å². The molecule has 0 aliphatic heterocycles. The Morgan fingerprint density at radius 3 is 2.88 bits per heavy atom. The van der Waals surface area contributed by atoms with Crippen LogP contribution < -0.4 is 0 Å². The zero-order valence-corrected chi connectivity index (χ0v) is 9.31. The third-order valence-electron chi connectivity index (χ3n) is 3.53. The quantitative estimate of drug-likeness (QED) is 0.720. The number of benzene rings is 1. The molecule has 0 N–H and O–H groups in total. The minimum absolute atomic E-state index is 0.636. The van der Waals surface area contributed by atoms with Crippen LogP contribution in [0.2, 0.25) is 0 Å². The average Bonchev–Trinajstić information content (AvgIpc) is 2.53. The zero-order valence-electron chi connectivity index (χ0n) is 9.31. The maximum absolute atomic E-state index is 10.8. The largest absolute Gasteiger partial charge is 0.298 e. The van der Waals surface area contributed by atoms with Crippen molar-refractivity contribution < 1.29 is 4.79 Å². The Balaban J connectivity index is 2.23. The molecule has 0 spiro atoms. The smallest absolute Gasteiger partial charge is 0.150 e. The summed E-state index contributed by atoms with van der Waals surface area (Å²) in [4.78, 5) is 10.8. The molecule has 1 aromatic heterocycles. The van der Waals surface area contributed by atoms with Gasteiger partial charge in [0.05, 0.1) is 5.52 Å². The number of nitrogens with zero attached hydrogens (tertiary/aromatic N) is 2. The molecule has 3 nitrogen and oxygen atoms in total. The SMILES string of the molecule is Cn1nc2ccc(C=O)cc2c1C1CCC1. The van der Waals surface area contributed by atoms with Gasteiger partial charge in [-0.3, -0.25) is 9.48 Å². The number of carbonyl (C=O) groups is 1. The van der Waals surface area contributed by atoms with Gasteiger partial charge in [0.15, 0.2) is 0 Å². The maximum Gasteiger partial charge on any atom is 0.150 e. The molecule has 82 valence electrons. The lowest BCUT2D eigenvalue weighted by atomic mass is 9.81. The highest BCUT2D eigenvalue weighted by atomic mass is 16.1. The molecule has 1 aromatic carbocycles. The minimum atomic E-state index is 0.636. The third-order valence-corrected chi connectivity index (χ3v) is 3.53. The molecule has 2 aromatic rings. The Labute approximate surface area is 94.1 Å². The second kappa shape index (κ2) is 3.44. The van der Waals surface area contributed by atoms with E-state index in [1.165, 1.54) is 25.0 Å². The fourth-order valence-electron chi connectivity index (χ4n) is 2.47. The molecule has 0 saturated heterocycles. The van der Waals surface area contributed by atoms with Crippen molar-refractivity contribution in [2.75, 3.05) is 0 Å². The van der Waals surface area contributed by atoms with Crippen molar-refractivity contribution in [1.82, 2.24) is 9.78 Å². The van der Waals surface area contributed by atoms with Crippen molar-refractivity contribution in [3.63, 3.8) is 0 Å². The van der Waals surface area contributed by atoms with Gasteiger partial charge in [0, 0.05) is 29.6 Å². The summed E-state index contributed by atoms with van der Waals surface area (Å²) in [6.45, 7) is 0. The lowest BCUT2D eigenvalue weighted by Crippen LogP contribution is -2.13. The van der Waals surface area contributed by atoms with Gasteiger partial charge in [-0.25, -0.2) is 0 Å². The van der Waals surface area contributed by atoms with Crippen LogP contribution in [0, 0.1) is 0 Å². The van der Waals surface area contributed by atoms with E-state index in [1.807, 2.05) is 29.9 Å². The van der Waals surface area contributed by atoms with Crippen LogP contribution in [0.3, 0.4) is 0 Å². The molecular formula is C13H14N2O. The molecule has 1 aliphatic rings. The first kappa shape index (κ1) is 9.58. The first-order valence-electron chi connectivity index (χ1n) is 5.71. The summed E-state index contributed by atoms with van der Waals surface area (Å²) in [6.07, 6.45) is 4.71. The lowest BCUT2D eigenvalue weighted by molar-refractivity contribution is 0.112. The molecule has 1 saturated carbocycles. The number of fused-ring (bicyclic) bond motifs is 1. The van der Waals surface area contributed by atoms with Gasteiger partial charge in [-0.1, -0.05) is 6.42 Å². The Hall–Kier alpha value is -1.64. The van der Waals surface area contributed by atoms with E-state index in [-0.39, 0.29) is 0 Å². The van der Waals surface area contributed by atoms with Gasteiger partial charge in [-0.2, -0.15) is 5.10 Å². The molecule has 16 heavy (non-hydrogen) atoms. The van der Waals surface area contributed by atoms with Crippen molar-refractivity contribution in [2.24, 2.45) is 7.05 Å². The summed E-state index contributed by atoms with van der Waals surface area (Å²) in [6, 6.07) is 5.72. The number of aryl methyl sites for hydroxylation is 1. The average molecular weight is 214 g/mol. The molecular weight excluding hydrogens is 200 g/mol. The predicted octanol–water partition coefficient (Wildman–Crippen LogP) is 2.65. The molecule has 1 aliphatic carbocycles. The van der Waals surface area contributed by atoms with E-state index in [2.05, 4.69) is 5.10 Å². The molecule has 3 heteroatoms. The second-order valence-electron chi connectivity index (χ2n) is 4.53. The Kier molecular flexibility index (Phi) is 2.06. The summed E-state index contributed by atoms with van der Waals surface area (Å²) in [7, 11) is 1.99.